The highest BCUT2D eigenvalue weighted by Gasteiger charge is 2.26. The van der Waals surface area contributed by atoms with Crippen molar-refractivity contribution in [3.8, 4) is 0 Å². The number of methoxy groups -OCH3 is 1. The van der Waals surface area contributed by atoms with Crippen LogP contribution in [0.1, 0.15) is 29.9 Å². The molecule has 182 valence electrons. The van der Waals surface area contributed by atoms with Crippen LogP contribution in [0.25, 0.3) is 11.0 Å². The Hall–Kier alpha value is -4.18. The van der Waals surface area contributed by atoms with Gasteiger partial charge in [0, 0.05) is 5.39 Å². The molecule has 0 saturated carbocycles. The highest BCUT2D eigenvalue weighted by molar-refractivity contribution is 5.81. The Morgan fingerprint density at radius 1 is 1.14 bits per heavy atom. The number of esters is 1. The van der Waals surface area contributed by atoms with Gasteiger partial charge in [-0.05, 0) is 50.6 Å². The first-order valence-corrected chi connectivity index (χ1v) is 11.1. The lowest BCUT2D eigenvalue weighted by molar-refractivity contribution is -0.143. The summed E-state index contributed by atoms with van der Waals surface area (Å²) in [5.74, 6) is 0.0323. The summed E-state index contributed by atoms with van der Waals surface area (Å²) in [5, 5.41) is 0.849. The number of nitrogens with zero attached hydrogens (tertiary/aromatic N) is 3. The molecule has 0 saturated heterocycles. The molecule has 0 aliphatic heterocycles. The van der Waals surface area contributed by atoms with Crippen LogP contribution in [0.5, 0.6) is 0 Å². The van der Waals surface area contributed by atoms with Gasteiger partial charge in [0.15, 0.2) is 0 Å². The first-order chi connectivity index (χ1) is 16.7. The predicted octanol–water partition coefficient (Wildman–Crippen LogP) is 2.04. The van der Waals surface area contributed by atoms with Crippen LogP contribution in [0.4, 0.5) is 5.69 Å². The van der Waals surface area contributed by atoms with Crippen LogP contribution in [0.2, 0.25) is 0 Å². The van der Waals surface area contributed by atoms with E-state index in [-0.39, 0.29) is 12.2 Å². The van der Waals surface area contributed by atoms with Crippen molar-refractivity contribution >= 4 is 22.6 Å². The molecular formula is C25H27N5O5. The number of H-pyrrole nitrogens is 1. The molecule has 3 N–H and O–H groups in total. The van der Waals surface area contributed by atoms with Gasteiger partial charge in [-0.25, -0.2) is 19.1 Å². The van der Waals surface area contributed by atoms with E-state index in [2.05, 4.69) is 14.7 Å². The summed E-state index contributed by atoms with van der Waals surface area (Å²) in [7, 11) is 1.19. The Labute approximate surface area is 200 Å². The van der Waals surface area contributed by atoms with E-state index in [1.54, 1.807) is 12.1 Å². The molecule has 10 nitrogen and oxygen atoms in total. The van der Waals surface area contributed by atoms with Crippen molar-refractivity contribution in [2.24, 2.45) is 10.7 Å². The zero-order valence-corrected chi connectivity index (χ0v) is 19.9. The zero-order valence-electron chi connectivity index (χ0n) is 19.9. The van der Waals surface area contributed by atoms with Gasteiger partial charge >= 0.3 is 17.3 Å². The predicted molar refractivity (Wildman–Crippen MR) is 130 cm³/mol. The van der Waals surface area contributed by atoms with Gasteiger partial charge in [-0.3, -0.25) is 14.3 Å². The van der Waals surface area contributed by atoms with Crippen LogP contribution in [0.15, 0.2) is 67.5 Å². The highest BCUT2D eigenvalue weighted by Crippen LogP contribution is 2.23. The van der Waals surface area contributed by atoms with Gasteiger partial charge in [-0.2, -0.15) is 0 Å². The standard InChI is InChI=1S/C25H27N5O5/c1-14-5-7-17(8-6-14)13-29-23(27-19-9-10-20-18(12-19)11-15(2)35-20)28-24(32)30(25(29)33)16(3)21(26)22(31)34-4/h5-12,16,21H,13,26H2,1-4H3,(H,27,28,32)/t16-,21+/m0/s1. The number of carbonyl (C=O) groups is 1. The molecule has 2 aromatic carbocycles. The average molecular weight is 478 g/mol. The van der Waals surface area contributed by atoms with Crippen molar-refractivity contribution in [2.75, 3.05) is 7.11 Å². The van der Waals surface area contributed by atoms with Gasteiger partial charge in [-0.15, -0.1) is 0 Å². The summed E-state index contributed by atoms with van der Waals surface area (Å²) in [4.78, 5) is 45.8. The monoisotopic (exact) mass is 477 g/mol. The second-order valence-electron chi connectivity index (χ2n) is 8.46. The molecule has 4 rings (SSSR count). The van der Waals surface area contributed by atoms with Gasteiger partial charge in [0.25, 0.3) is 0 Å². The number of aryl methyl sites for hydroxylation is 2. The highest BCUT2D eigenvalue weighted by atomic mass is 16.5. The normalized spacial score (nSPS) is 13.7. The fourth-order valence-corrected chi connectivity index (χ4v) is 3.85. The Bertz CT molecular complexity index is 1570. The minimum absolute atomic E-state index is 0.0650. The molecule has 35 heavy (non-hydrogen) atoms. The molecule has 0 fully saturated rings. The van der Waals surface area contributed by atoms with E-state index >= 15 is 0 Å². The second-order valence-corrected chi connectivity index (χ2v) is 8.46. The first kappa shape index (κ1) is 24.0. The quantitative estimate of drug-likeness (QED) is 0.408. The van der Waals surface area contributed by atoms with Crippen LogP contribution < -0.4 is 22.7 Å². The summed E-state index contributed by atoms with van der Waals surface area (Å²) < 4.78 is 12.6. The van der Waals surface area contributed by atoms with Gasteiger partial charge in [-0.1, -0.05) is 29.8 Å². The van der Waals surface area contributed by atoms with Gasteiger partial charge in [0.05, 0.1) is 25.4 Å². The summed E-state index contributed by atoms with van der Waals surface area (Å²) in [5.41, 5.74) is 7.77. The molecule has 0 spiro atoms. The number of hydrogen-bond donors (Lipinski definition) is 2. The van der Waals surface area contributed by atoms with Crippen molar-refractivity contribution in [2.45, 2.75) is 39.4 Å². The number of aromatic nitrogens is 3. The van der Waals surface area contributed by atoms with E-state index in [1.165, 1.54) is 18.6 Å². The van der Waals surface area contributed by atoms with Crippen molar-refractivity contribution in [1.29, 1.82) is 0 Å². The van der Waals surface area contributed by atoms with E-state index in [9.17, 15) is 14.4 Å². The fraction of sp³-hybridized carbons (Fsp3) is 0.280. The average Bonchev–Trinajstić information content (AvgIpc) is 3.20. The van der Waals surface area contributed by atoms with Crippen molar-refractivity contribution in [3.05, 3.63) is 92.0 Å². The molecule has 2 atom stereocenters. The second kappa shape index (κ2) is 9.59. The molecule has 0 amide bonds. The van der Waals surface area contributed by atoms with E-state index in [4.69, 9.17) is 10.2 Å². The minimum atomic E-state index is -1.21. The molecule has 2 heterocycles. The molecule has 4 aromatic rings. The fourth-order valence-electron chi connectivity index (χ4n) is 3.85. The Kier molecular flexibility index (Phi) is 6.57. The number of rotatable bonds is 6. The van der Waals surface area contributed by atoms with Gasteiger partial charge < -0.3 is 14.9 Å². The van der Waals surface area contributed by atoms with Crippen LogP contribution in [-0.4, -0.2) is 33.2 Å². The molecule has 0 radical (unpaired) electrons. The molecule has 0 aliphatic carbocycles. The van der Waals surface area contributed by atoms with Crippen LogP contribution in [0.3, 0.4) is 0 Å². The third-order valence-electron chi connectivity index (χ3n) is 5.85. The van der Waals surface area contributed by atoms with Crippen molar-refractivity contribution < 1.29 is 13.9 Å². The van der Waals surface area contributed by atoms with E-state index in [1.807, 2.05) is 50.2 Å². The van der Waals surface area contributed by atoms with E-state index < -0.39 is 29.4 Å². The Balaban J connectivity index is 1.91. The number of benzene rings is 2. The third kappa shape index (κ3) is 4.87. The SMILES string of the molecule is COC(=O)[C@H](N)[C@H](C)n1c(=O)[nH]/c(=N\c2ccc3oc(C)cc3c2)n(Cc2ccc(C)cc2)c1=O. The van der Waals surface area contributed by atoms with Gasteiger partial charge in [0.1, 0.15) is 17.4 Å². The number of nitrogens with one attached hydrogen (secondary N) is 1. The van der Waals surface area contributed by atoms with Crippen LogP contribution >= 0.6 is 0 Å². The molecule has 0 unspecified atom stereocenters. The van der Waals surface area contributed by atoms with Gasteiger partial charge in [0.2, 0.25) is 5.62 Å². The number of fused-ring (bicyclic) bond motifs is 1. The summed E-state index contributed by atoms with van der Waals surface area (Å²) >= 11 is 0. The lowest BCUT2D eigenvalue weighted by Gasteiger charge is -2.20. The molecule has 10 heteroatoms. The maximum Gasteiger partial charge on any atom is 0.335 e. The Morgan fingerprint density at radius 3 is 2.54 bits per heavy atom. The molecule has 2 aromatic heterocycles. The van der Waals surface area contributed by atoms with Crippen LogP contribution in [-0.2, 0) is 16.1 Å². The first-order valence-electron chi connectivity index (χ1n) is 11.1. The maximum atomic E-state index is 13.6. The Morgan fingerprint density at radius 2 is 1.86 bits per heavy atom. The number of aromatic amines is 1. The largest absolute Gasteiger partial charge is 0.468 e. The van der Waals surface area contributed by atoms with E-state index in [0.717, 1.165) is 26.8 Å². The van der Waals surface area contributed by atoms with E-state index in [0.29, 0.717) is 11.3 Å². The molecule has 0 aliphatic rings. The summed E-state index contributed by atoms with van der Waals surface area (Å²) in [6.45, 7) is 5.47. The summed E-state index contributed by atoms with van der Waals surface area (Å²) in [6, 6.07) is 12.7. The number of ether oxygens (including phenoxy) is 1. The van der Waals surface area contributed by atoms with Crippen molar-refractivity contribution in [3.63, 3.8) is 0 Å². The zero-order chi connectivity index (χ0) is 25.3. The third-order valence-corrected chi connectivity index (χ3v) is 5.85. The maximum absolute atomic E-state index is 13.6. The molecule has 0 bridgehead atoms. The number of furan rings is 1. The lowest BCUT2D eigenvalue weighted by atomic mass is 10.1. The minimum Gasteiger partial charge on any atom is -0.468 e. The number of nitrogens with two attached hydrogens (primary N) is 1. The molecular weight excluding hydrogens is 450 g/mol. The van der Waals surface area contributed by atoms with Crippen molar-refractivity contribution in [1.82, 2.24) is 14.1 Å². The lowest BCUT2D eigenvalue weighted by Crippen LogP contribution is -2.54. The topological polar surface area (TPSA) is 138 Å². The number of carbonyl (C=O) groups excluding carboxylic acids is 1. The number of hydrogen-bond acceptors (Lipinski definition) is 7. The van der Waals surface area contributed by atoms with Crippen LogP contribution in [0, 0.1) is 13.8 Å². The smallest absolute Gasteiger partial charge is 0.335 e. The summed E-state index contributed by atoms with van der Waals surface area (Å²) in [6.07, 6.45) is 0.